The number of rotatable bonds is 2. The van der Waals surface area contributed by atoms with Gasteiger partial charge in [-0.1, -0.05) is 13.8 Å². The van der Waals surface area contributed by atoms with E-state index < -0.39 is 6.04 Å². The van der Waals surface area contributed by atoms with E-state index in [2.05, 4.69) is 5.32 Å². The molecule has 102 valence electrons. The van der Waals surface area contributed by atoms with Crippen molar-refractivity contribution in [2.75, 3.05) is 13.2 Å². The van der Waals surface area contributed by atoms with Crippen LogP contribution in [0.2, 0.25) is 0 Å². The van der Waals surface area contributed by atoms with Crippen LogP contribution in [-0.2, 0) is 14.3 Å². The Hall–Kier alpha value is -1.10. The van der Waals surface area contributed by atoms with E-state index in [1.54, 1.807) is 6.92 Å². The summed E-state index contributed by atoms with van der Waals surface area (Å²) in [6.45, 7) is 7.08. The summed E-state index contributed by atoms with van der Waals surface area (Å²) in [6, 6.07) is -0.598. The van der Waals surface area contributed by atoms with Gasteiger partial charge in [0.25, 0.3) is 0 Å². The van der Waals surface area contributed by atoms with Crippen LogP contribution in [0, 0.1) is 5.92 Å². The van der Waals surface area contributed by atoms with Crippen molar-refractivity contribution in [2.45, 2.75) is 51.7 Å². The van der Waals surface area contributed by atoms with Gasteiger partial charge in [-0.25, -0.2) is 0 Å². The summed E-state index contributed by atoms with van der Waals surface area (Å²) in [7, 11) is 0. The number of nitrogens with zero attached hydrogens (tertiary/aromatic N) is 1. The highest BCUT2D eigenvalue weighted by molar-refractivity contribution is 5.97. The van der Waals surface area contributed by atoms with Gasteiger partial charge >= 0.3 is 0 Å². The minimum absolute atomic E-state index is 0.0245. The van der Waals surface area contributed by atoms with E-state index in [1.807, 2.05) is 18.7 Å². The summed E-state index contributed by atoms with van der Waals surface area (Å²) in [5.41, 5.74) is 0. The van der Waals surface area contributed by atoms with Gasteiger partial charge < -0.3 is 15.0 Å². The lowest BCUT2D eigenvalue weighted by Gasteiger charge is -2.45. The van der Waals surface area contributed by atoms with Crippen molar-refractivity contribution < 1.29 is 14.3 Å². The molecule has 2 heterocycles. The van der Waals surface area contributed by atoms with E-state index in [0.29, 0.717) is 13.2 Å². The smallest absolute Gasteiger partial charge is 0.245 e. The SMILES string of the molecule is CC1NC(=O)C(C(C)C)N(C2CCOCC2)C1=O. The molecule has 0 radical (unpaired) electrons. The van der Waals surface area contributed by atoms with E-state index in [4.69, 9.17) is 4.74 Å². The number of amides is 2. The first-order chi connectivity index (χ1) is 8.52. The first-order valence-electron chi connectivity index (χ1n) is 6.72. The van der Waals surface area contributed by atoms with Gasteiger partial charge in [-0.15, -0.1) is 0 Å². The maximum atomic E-state index is 12.4. The topological polar surface area (TPSA) is 58.6 Å². The van der Waals surface area contributed by atoms with Gasteiger partial charge in [0.2, 0.25) is 11.8 Å². The van der Waals surface area contributed by atoms with Gasteiger partial charge in [0, 0.05) is 19.3 Å². The summed E-state index contributed by atoms with van der Waals surface area (Å²) in [4.78, 5) is 26.3. The molecule has 0 spiro atoms. The second-order valence-electron chi connectivity index (χ2n) is 5.51. The van der Waals surface area contributed by atoms with Crippen LogP contribution in [-0.4, -0.2) is 48.1 Å². The third kappa shape index (κ3) is 2.36. The van der Waals surface area contributed by atoms with Gasteiger partial charge in [0.05, 0.1) is 0 Å². The Balaban J connectivity index is 2.24. The standard InChI is InChI=1S/C13H22N2O3/c1-8(2)11-12(16)14-9(3)13(17)15(11)10-4-6-18-7-5-10/h8-11H,4-7H2,1-3H3,(H,14,16). The van der Waals surface area contributed by atoms with Crippen molar-refractivity contribution in [1.29, 1.82) is 0 Å². The number of hydrogen-bond acceptors (Lipinski definition) is 3. The average molecular weight is 254 g/mol. The molecule has 2 aliphatic rings. The lowest BCUT2D eigenvalue weighted by atomic mass is 9.93. The summed E-state index contributed by atoms with van der Waals surface area (Å²) in [6.07, 6.45) is 1.66. The molecule has 2 rings (SSSR count). The second kappa shape index (κ2) is 5.26. The van der Waals surface area contributed by atoms with Gasteiger partial charge in [-0.2, -0.15) is 0 Å². The molecule has 0 aromatic rings. The van der Waals surface area contributed by atoms with Crippen LogP contribution >= 0.6 is 0 Å². The van der Waals surface area contributed by atoms with Crippen molar-refractivity contribution in [1.82, 2.24) is 10.2 Å². The maximum Gasteiger partial charge on any atom is 0.245 e. The lowest BCUT2D eigenvalue weighted by Crippen LogP contribution is -2.66. The predicted octanol–water partition coefficient (Wildman–Crippen LogP) is 0.537. The molecule has 5 heteroatoms. The number of piperazine rings is 1. The minimum Gasteiger partial charge on any atom is -0.381 e. The van der Waals surface area contributed by atoms with Crippen LogP contribution in [0.1, 0.15) is 33.6 Å². The molecule has 0 aliphatic carbocycles. The third-order valence-corrected chi connectivity index (χ3v) is 3.77. The molecule has 1 N–H and O–H groups in total. The summed E-state index contributed by atoms with van der Waals surface area (Å²) in [5, 5.41) is 2.77. The molecule has 2 saturated heterocycles. The van der Waals surface area contributed by atoms with E-state index in [-0.39, 0.29) is 29.8 Å². The van der Waals surface area contributed by atoms with Crippen molar-refractivity contribution in [3.8, 4) is 0 Å². The van der Waals surface area contributed by atoms with E-state index in [9.17, 15) is 9.59 Å². The van der Waals surface area contributed by atoms with Crippen molar-refractivity contribution in [3.63, 3.8) is 0 Å². The Morgan fingerprint density at radius 2 is 1.89 bits per heavy atom. The Morgan fingerprint density at radius 3 is 2.44 bits per heavy atom. The fraction of sp³-hybridized carbons (Fsp3) is 0.846. The molecule has 18 heavy (non-hydrogen) atoms. The Labute approximate surface area is 108 Å². The normalized spacial score (nSPS) is 30.8. The largest absolute Gasteiger partial charge is 0.381 e. The third-order valence-electron chi connectivity index (χ3n) is 3.77. The average Bonchev–Trinajstić information content (AvgIpc) is 2.34. The summed E-state index contributed by atoms with van der Waals surface area (Å²) in [5.74, 6) is 0.146. The molecule has 2 atom stereocenters. The zero-order chi connectivity index (χ0) is 13.3. The Morgan fingerprint density at radius 1 is 1.28 bits per heavy atom. The summed E-state index contributed by atoms with van der Waals surface area (Å²) >= 11 is 0. The molecule has 2 fully saturated rings. The zero-order valence-corrected chi connectivity index (χ0v) is 11.3. The van der Waals surface area contributed by atoms with Crippen molar-refractivity contribution >= 4 is 11.8 Å². The molecule has 0 aromatic heterocycles. The zero-order valence-electron chi connectivity index (χ0n) is 11.3. The fourth-order valence-corrected chi connectivity index (χ4v) is 2.84. The molecule has 0 saturated carbocycles. The molecule has 5 nitrogen and oxygen atoms in total. The highest BCUT2D eigenvalue weighted by Crippen LogP contribution is 2.25. The summed E-state index contributed by atoms with van der Waals surface area (Å²) < 4.78 is 5.34. The highest BCUT2D eigenvalue weighted by atomic mass is 16.5. The van der Waals surface area contributed by atoms with Crippen LogP contribution < -0.4 is 5.32 Å². The lowest BCUT2D eigenvalue weighted by molar-refractivity contribution is -0.155. The first-order valence-corrected chi connectivity index (χ1v) is 6.72. The highest BCUT2D eigenvalue weighted by Gasteiger charge is 2.43. The van der Waals surface area contributed by atoms with Gasteiger partial charge in [0.15, 0.2) is 0 Å². The number of carbonyl (C=O) groups excluding carboxylic acids is 2. The Bertz CT molecular complexity index is 337. The van der Waals surface area contributed by atoms with E-state index in [1.165, 1.54) is 0 Å². The van der Waals surface area contributed by atoms with Crippen molar-refractivity contribution in [3.05, 3.63) is 0 Å². The van der Waals surface area contributed by atoms with Crippen LogP contribution in [0.3, 0.4) is 0 Å². The van der Waals surface area contributed by atoms with E-state index in [0.717, 1.165) is 12.8 Å². The van der Waals surface area contributed by atoms with Gasteiger partial charge in [-0.05, 0) is 25.7 Å². The van der Waals surface area contributed by atoms with Crippen LogP contribution in [0.5, 0.6) is 0 Å². The van der Waals surface area contributed by atoms with Crippen LogP contribution in [0.25, 0.3) is 0 Å². The minimum atomic E-state index is -0.407. The van der Waals surface area contributed by atoms with Crippen LogP contribution in [0.4, 0.5) is 0 Å². The van der Waals surface area contributed by atoms with Gasteiger partial charge in [0.1, 0.15) is 12.1 Å². The molecule has 0 aromatic carbocycles. The predicted molar refractivity (Wildman–Crippen MR) is 66.9 cm³/mol. The molecular weight excluding hydrogens is 232 g/mol. The second-order valence-corrected chi connectivity index (χ2v) is 5.51. The maximum absolute atomic E-state index is 12.4. The Kier molecular flexibility index (Phi) is 3.90. The number of ether oxygens (including phenoxy) is 1. The molecule has 0 bridgehead atoms. The quantitative estimate of drug-likeness (QED) is 0.782. The molecule has 2 aliphatic heterocycles. The monoisotopic (exact) mass is 254 g/mol. The number of hydrogen-bond donors (Lipinski definition) is 1. The van der Waals surface area contributed by atoms with Crippen LogP contribution in [0.15, 0.2) is 0 Å². The fourth-order valence-electron chi connectivity index (χ4n) is 2.84. The van der Waals surface area contributed by atoms with Gasteiger partial charge in [-0.3, -0.25) is 9.59 Å². The first kappa shape index (κ1) is 13.3. The molecule has 2 unspecified atom stereocenters. The van der Waals surface area contributed by atoms with E-state index >= 15 is 0 Å². The molecular formula is C13H22N2O3. The number of carbonyl (C=O) groups is 2. The molecule has 2 amide bonds. The van der Waals surface area contributed by atoms with Crippen molar-refractivity contribution in [2.24, 2.45) is 5.92 Å². The number of nitrogens with one attached hydrogen (secondary N) is 1.